The molecule has 0 saturated carbocycles. The zero-order valence-corrected chi connectivity index (χ0v) is 23.3. The molecule has 1 unspecified atom stereocenters. The highest BCUT2D eigenvalue weighted by Gasteiger charge is 2.29. The van der Waals surface area contributed by atoms with E-state index >= 15 is 0 Å². The van der Waals surface area contributed by atoms with Gasteiger partial charge in [0.15, 0.2) is 0 Å². The molecule has 2 aromatic carbocycles. The molecule has 2 N–H and O–H groups in total. The monoisotopic (exact) mass is 548 g/mol. The molecule has 6 nitrogen and oxygen atoms in total. The van der Waals surface area contributed by atoms with Gasteiger partial charge >= 0.3 is 5.97 Å². The number of fused-ring (bicyclic) bond motifs is 1. The molecule has 38 heavy (non-hydrogen) atoms. The van der Waals surface area contributed by atoms with E-state index in [-0.39, 0.29) is 23.0 Å². The standard InChI is InChI=1S/C30H32N2O4S2/c1-3-24(28(34)32-29-27(30(35)36-4-2)23-15-8-9-16-25(23)38-29)37-22-14-10-13-21(19-22)31-26(33)18-17-20-11-6-5-7-12-20/h5-7,10-14,17-19,24H,3-4,8-9,15-16H2,1-2H3,(H,31,33)(H,32,34)/b18-17+. The molecule has 0 radical (unpaired) electrons. The van der Waals surface area contributed by atoms with Gasteiger partial charge in [-0.3, -0.25) is 9.59 Å². The van der Waals surface area contributed by atoms with Crippen LogP contribution in [0.5, 0.6) is 0 Å². The summed E-state index contributed by atoms with van der Waals surface area (Å²) >= 11 is 2.93. The first kappa shape index (κ1) is 27.7. The van der Waals surface area contributed by atoms with Crippen LogP contribution >= 0.6 is 23.1 Å². The maximum Gasteiger partial charge on any atom is 0.341 e. The quantitative estimate of drug-likeness (QED) is 0.162. The lowest BCUT2D eigenvalue weighted by atomic mass is 9.95. The highest BCUT2D eigenvalue weighted by Crippen LogP contribution is 2.39. The lowest BCUT2D eigenvalue weighted by Crippen LogP contribution is -2.25. The number of hydrogen-bond donors (Lipinski definition) is 2. The Labute approximate surface area is 231 Å². The van der Waals surface area contributed by atoms with E-state index in [4.69, 9.17) is 4.74 Å². The van der Waals surface area contributed by atoms with Gasteiger partial charge in [-0.05, 0) is 74.4 Å². The summed E-state index contributed by atoms with van der Waals surface area (Å²) in [6, 6.07) is 17.1. The molecule has 1 atom stereocenters. The van der Waals surface area contributed by atoms with Crippen molar-refractivity contribution in [2.75, 3.05) is 17.2 Å². The summed E-state index contributed by atoms with van der Waals surface area (Å²) in [6.45, 7) is 4.04. The summed E-state index contributed by atoms with van der Waals surface area (Å²) in [6.07, 6.45) is 7.75. The first-order chi connectivity index (χ1) is 18.5. The molecule has 0 aliphatic heterocycles. The number of rotatable bonds is 10. The summed E-state index contributed by atoms with van der Waals surface area (Å²) in [4.78, 5) is 40.5. The van der Waals surface area contributed by atoms with Crippen LogP contribution in [0.1, 0.15) is 59.5 Å². The predicted octanol–water partition coefficient (Wildman–Crippen LogP) is 6.96. The lowest BCUT2D eigenvalue weighted by Gasteiger charge is -2.16. The largest absolute Gasteiger partial charge is 0.462 e. The third-order valence-electron chi connectivity index (χ3n) is 6.16. The van der Waals surface area contributed by atoms with E-state index in [0.29, 0.717) is 29.3 Å². The number of ether oxygens (including phenoxy) is 1. The molecule has 0 bridgehead atoms. The first-order valence-corrected chi connectivity index (χ1v) is 14.6. The summed E-state index contributed by atoms with van der Waals surface area (Å²) in [5, 5.41) is 6.14. The number of nitrogens with one attached hydrogen (secondary N) is 2. The Morgan fingerprint density at radius 1 is 1.03 bits per heavy atom. The maximum atomic E-state index is 13.3. The van der Waals surface area contributed by atoms with Crippen LogP contribution in [0.3, 0.4) is 0 Å². The number of hydrogen-bond acceptors (Lipinski definition) is 6. The van der Waals surface area contributed by atoms with Crippen LogP contribution in [0.25, 0.3) is 6.08 Å². The predicted molar refractivity (Wildman–Crippen MR) is 156 cm³/mol. The molecule has 1 aromatic heterocycles. The van der Waals surface area contributed by atoms with E-state index < -0.39 is 0 Å². The van der Waals surface area contributed by atoms with E-state index in [2.05, 4.69) is 10.6 Å². The van der Waals surface area contributed by atoms with Crippen molar-refractivity contribution in [3.63, 3.8) is 0 Å². The topological polar surface area (TPSA) is 84.5 Å². The zero-order valence-electron chi connectivity index (χ0n) is 21.6. The van der Waals surface area contributed by atoms with Crippen LogP contribution in [-0.4, -0.2) is 29.6 Å². The van der Waals surface area contributed by atoms with Gasteiger partial charge in [0.05, 0.1) is 17.4 Å². The van der Waals surface area contributed by atoms with Crippen molar-refractivity contribution in [2.24, 2.45) is 0 Å². The van der Waals surface area contributed by atoms with Crippen molar-refractivity contribution < 1.29 is 19.1 Å². The van der Waals surface area contributed by atoms with Gasteiger partial charge in [-0.25, -0.2) is 4.79 Å². The van der Waals surface area contributed by atoms with Crippen molar-refractivity contribution in [1.82, 2.24) is 0 Å². The molecule has 4 rings (SSSR count). The van der Waals surface area contributed by atoms with Crippen molar-refractivity contribution in [3.8, 4) is 0 Å². The van der Waals surface area contributed by atoms with Crippen LogP contribution in [0.4, 0.5) is 10.7 Å². The van der Waals surface area contributed by atoms with Gasteiger partial charge in [0.25, 0.3) is 0 Å². The molecule has 3 aromatic rings. The fraction of sp³-hybridized carbons (Fsp3) is 0.300. The normalized spacial score (nSPS) is 13.5. The number of carbonyl (C=O) groups is 3. The number of amides is 2. The highest BCUT2D eigenvalue weighted by molar-refractivity contribution is 8.00. The van der Waals surface area contributed by atoms with Crippen molar-refractivity contribution >= 4 is 57.6 Å². The third kappa shape index (κ3) is 7.14. The van der Waals surface area contributed by atoms with Gasteiger partial charge in [0.2, 0.25) is 11.8 Å². The second-order valence-corrected chi connectivity index (χ2v) is 11.3. The van der Waals surface area contributed by atoms with Gasteiger partial charge in [-0.1, -0.05) is 43.3 Å². The summed E-state index contributed by atoms with van der Waals surface area (Å²) in [5.74, 6) is -0.747. The number of thioether (sulfide) groups is 1. The molecule has 0 fully saturated rings. The van der Waals surface area contributed by atoms with E-state index in [9.17, 15) is 14.4 Å². The van der Waals surface area contributed by atoms with Gasteiger partial charge in [0.1, 0.15) is 5.00 Å². The molecule has 1 aliphatic rings. The van der Waals surface area contributed by atoms with E-state index in [1.807, 2.05) is 61.5 Å². The lowest BCUT2D eigenvalue weighted by molar-refractivity contribution is -0.115. The van der Waals surface area contributed by atoms with Crippen molar-refractivity contribution in [3.05, 3.63) is 82.2 Å². The molecule has 1 aliphatic carbocycles. The minimum absolute atomic E-state index is 0.151. The fourth-order valence-corrected chi connectivity index (χ4v) is 6.61. The van der Waals surface area contributed by atoms with Gasteiger partial charge < -0.3 is 15.4 Å². The molecule has 198 valence electrons. The summed E-state index contributed by atoms with van der Waals surface area (Å²) in [5.41, 5.74) is 3.15. The second kappa shape index (κ2) is 13.4. The van der Waals surface area contributed by atoms with Crippen LogP contribution < -0.4 is 10.6 Å². The van der Waals surface area contributed by atoms with Crippen molar-refractivity contribution in [2.45, 2.75) is 56.1 Å². The molecular formula is C30H32N2O4S2. The van der Waals surface area contributed by atoms with Crippen LogP contribution in [-0.2, 0) is 27.2 Å². The van der Waals surface area contributed by atoms with Gasteiger partial charge in [0, 0.05) is 21.5 Å². The van der Waals surface area contributed by atoms with Crippen LogP contribution in [0.2, 0.25) is 0 Å². The first-order valence-electron chi connectivity index (χ1n) is 12.9. The zero-order chi connectivity index (χ0) is 26.9. The Hall–Kier alpha value is -3.36. The SMILES string of the molecule is CCOC(=O)c1c(NC(=O)C(CC)Sc2cccc(NC(=O)/C=C/c3ccccc3)c2)sc2c1CCCC2. The minimum atomic E-state index is -0.368. The summed E-state index contributed by atoms with van der Waals surface area (Å²) < 4.78 is 5.32. The number of carbonyl (C=O) groups excluding carboxylic acids is 3. The van der Waals surface area contributed by atoms with Crippen LogP contribution in [0.15, 0.2) is 65.6 Å². The number of esters is 1. The van der Waals surface area contributed by atoms with E-state index in [0.717, 1.165) is 41.7 Å². The molecule has 8 heteroatoms. The van der Waals surface area contributed by atoms with Gasteiger partial charge in [-0.2, -0.15) is 0 Å². The number of anilines is 2. The smallest absolute Gasteiger partial charge is 0.341 e. The molecule has 0 saturated heterocycles. The van der Waals surface area contributed by atoms with E-state index in [1.165, 1.54) is 34.1 Å². The Kier molecular flexibility index (Phi) is 9.79. The van der Waals surface area contributed by atoms with Crippen molar-refractivity contribution in [1.29, 1.82) is 0 Å². The number of thiophene rings is 1. The average Bonchev–Trinajstić information content (AvgIpc) is 3.29. The van der Waals surface area contributed by atoms with Gasteiger partial charge in [-0.15, -0.1) is 23.1 Å². The maximum absolute atomic E-state index is 13.3. The molecular weight excluding hydrogens is 516 g/mol. The highest BCUT2D eigenvalue weighted by atomic mass is 32.2. The molecule has 2 amide bonds. The average molecular weight is 549 g/mol. The molecule has 0 spiro atoms. The van der Waals surface area contributed by atoms with Crippen LogP contribution in [0, 0.1) is 0 Å². The fourth-order valence-electron chi connectivity index (χ4n) is 4.32. The summed E-state index contributed by atoms with van der Waals surface area (Å²) in [7, 11) is 0. The van der Waals surface area contributed by atoms with E-state index in [1.54, 1.807) is 13.0 Å². The third-order valence-corrected chi connectivity index (χ3v) is 8.72. The Bertz CT molecular complexity index is 1320. The minimum Gasteiger partial charge on any atom is -0.462 e. The Morgan fingerprint density at radius 3 is 2.58 bits per heavy atom. The second-order valence-electron chi connectivity index (χ2n) is 8.90. The Morgan fingerprint density at radius 2 is 1.82 bits per heavy atom. The number of benzene rings is 2. The molecule has 1 heterocycles. The Balaban J connectivity index is 1.43. The number of aryl methyl sites for hydroxylation is 1.